The lowest BCUT2D eigenvalue weighted by molar-refractivity contribution is 0.0937. The molecule has 0 spiro atoms. The number of carbonyl (C=O) groups is 1. The molecule has 0 atom stereocenters. The Bertz CT molecular complexity index is 399. The molecule has 0 aliphatic heterocycles. The molecule has 0 saturated heterocycles. The highest BCUT2D eigenvalue weighted by molar-refractivity contribution is 6.33. The van der Waals surface area contributed by atoms with Crippen LogP contribution in [0.1, 0.15) is 23.7 Å². The minimum absolute atomic E-state index is 0.223. The molecular formula is C12H18ClN3O2. The first kappa shape index (κ1) is 14.7. The van der Waals surface area contributed by atoms with Crippen molar-refractivity contribution in [2.45, 2.75) is 13.3 Å². The summed E-state index contributed by atoms with van der Waals surface area (Å²) in [5.74, 6) is 0.428. The monoisotopic (exact) mass is 271 g/mol. The van der Waals surface area contributed by atoms with Gasteiger partial charge in [0.1, 0.15) is 5.82 Å². The Morgan fingerprint density at radius 2 is 2.28 bits per heavy atom. The van der Waals surface area contributed by atoms with Crippen molar-refractivity contribution in [1.29, 1.82) is 0 Å². The van der Waals surface area contributed by atoms with Crippen molar-refractivity contribution in [1.82, 2.24) is 10.3 Å². The minimum Gasteiger partial charge on any atom is -0.383 e. The van der Waals surface area contributed by atoms with Crippen LogP contribution in [0.3, 0.4) is 0 Å². The molecule has 1 aromatic heterocycles. The van der Waals surface area contributed by atoms with Gasteiger partial charge in [0, 0.05) is 26.4 Å². The van der Waals surface area contributed by atoms with Gasteiger partial charge in [-0.2, -0.15) is 0 Å². The summed E-state index contributed by atoms with van der Waals surface area (Å²) in [6.45, 7) is 3.78. The van der Waals surface area contributed by atoms with E-state index in [-0.39, 0.29) is 5.91 Å². The number of carbonyl (C=O) groups excluding carboxylic acids is 1. The Morgan fingerprint density at radius 1 is 1.50 bits per heavy atom. The standard InChI is InChI=1S/C12H18ClN3O2/c1-3-4-14-11-7-9(10(13)8-16-11)12(17)15-5-6-18-2/h7-8H,3-6H2,1-2H3,(H,14,16)(H,15,17). The molecule has 0 bridgehead atoms. The van der Waals surface area contributed by atoms with E-state index in [1.807, 2.05) is 0 Å². The zero-order valence-corrected chi connectivity index (χ0v) is 11.4. The van der Waals surface area contributed by atoms with Gasteiger partial charge in [0.15, 0.2) is 0 Å². The Hall–Kier alpha value is -1.33. The predicted molar refractivity (Wildman–Crippen MR) is 72.2 cm³/mol. The number of pyridine rings is 1. The van der Waals surface area contributed by atoms with Crippen LogP contribution in [0.5, 0.6) is 0 Å². The molecule has 2 N–H and O–H groups in total. The van der Waals surface area contributed by atoms with Gasteiger partial charge in [0.25, 0.3) is 5.91 Å². The number of aromatic nitrogens is 1. The quantitative estimate of drug-likeness (QED) is 0.744. The zero-order valence-electron chi connectivity index (χ0n) is 10.6. The third-order valence-electron chi connectivity index (χ3n) is 2.25. The number of hydrogen-bond acceptors (Lipinski definition) is 4. The zero-order chi connectivity index (χ0) is 13.4. The van der Waals surface area contributed by atoms with Gasteiger partial charge in [-0.1, -0.05) is 18.5 Å². The van der Waals surface area contributed by atoms with Gasteiger partial charge >= 0.3 is 0 Å². The Labute approximate surface area is 112 Å². The van der Waals surface area contributed by atoms with Gasteiger partial charge in [0.2, 0.25) is 0 Å². The summed E-state index contributed by atoms with van der Waals surface area (Å²) in [7, 11) is 1.58. The molecule has 0 aliphatic rings. The Kier molecular flexibility index (Phi) is 6.46. The molecule has 0 fully saturated rings. The largest absolute Gasteiger partial charge is 0.383 e. The van der Waals surface area contributed by atoms with Crippen molar-refractivity contribution in [3.8, 4) is 0 Å². The van der Waals surface area contributed by atoms with Crippen molar-refractivity contribution in [2.75, 3.05) is 32.1 Å². The molecule has 1 heterocycles. The van der Waals surface area contributed by atoms with Crippen LogP contribution in [0, 0.1) is 0 Å². The summed E-state index contributed by atoms with van der Waals surface area (Å²) < 4.78 is 4.86. The average molecular weight is 272 g/mol. The summed E-state index contributed by atoms with van der Waals surface area (Å²) in [6.07, 6.45) is 2.46. The number of halogens is 1. The molecule has 1 amide bonds. The van der Waals surface area contributed by atoms with Gasteiger partial charge in [-0.15, -0.1) is 0 Å². The molecular weight excluding hydrogens is 254 g/mol. The lowest BCUT2D eigenvalue weighted by Gasteiger charge is -2.09. The van der Waals surface area contributed by atoms with E-state index < -0.39 is 0 Å². The maximum absolute atomic E-state index is 11.9. The fourth-order valence-electron chi connectivity index (χ4n) is 1.32. The van der Waals surface area contributed by atoms with E-state index in [1.165, 1.54) is 6.20 Å². The van der Waals surface area contributed by atoms with E-state index in [9.17, 15) is 4.79 Å². The summed E-state index contributed by atoms with van der Waals surface area (Å²) >= 11 is 5.96. The van der Waals surface area contributed by atoms with Gasteiger partial charge in [-0.05, 0) is 12.5 Å². The number of nitrogens with one attached hydrogen (secondary N) is 2. The molecule has 18 heavy (non-hydrogen) atoms. The van der Waals surface area contributed by atoms with Crippen LogP contribution in [0.4, 0.5) is 5.82 Å². The second kappa shape index (κ2) is 7.89. The van der Waals surface area contributed by atoms with Gasteiger partial charge in [0.05, 0.1) is 17.2 Å². The molecule has 0 unspecified atom stereocenters. The lowest BCUT2D eigenvalue weighted by Crippen LogP contribution is -2.27. The van der Waals surface area contributed by atoms with Crippen molar-refractivity contribution in [3.05, 3.63) is 22.8 Å². The summed E-state index contributed by atoms with van der Waals surface area (Å²) in [6, 6.07) is 1.65. The second-order valence-corrected chi connectivity index (χ2v) is 4.13. The fourth-order valence-corrected chi connectivity index (χ4v) is 1.51. The third kappa shape index (κ3) is 4.50. The molecule has 6 heteroatoms. The number of rotatable bonds is 7. The second-order valence-electron chi connectivity index (χ2n) is 3.72. The van der Waals surface area contributed by atoms with E-state index in [0.717, 1.165) is 13.0 Å². The van der Waals surface area contributed by atoms with Crippen LogP contribution in [-0.4, -0.2) is 37.7 Å². The highest BCUT2D eigenvalue weighted by Gasteiger charge is 2.11. The van der Waals surface area contributed by atoms with Crippen LogP contribution >= 0.6 is 11.6 Å². The maximum Gasteiger partial charge on any atom is 0.253 e. The molecule has 100 valence electrons. The summed E-state index contributed by atoms with van der Waals surface area (Å²) in [5, 5.41) is 6.17. The van der Waals surface area contributed by atoms with Crippen molar-refractivity contribution in [2.24, 2.45) is 0 Å². The van der Waals surface area contributed by atoms with Crippen LogP contribution in [0.2, 0.25) is 5.02 Å². The highest BCUT2D eigenvalue weighted by atomic mass is 35.5. The topological polar surface area (TPSA) is 63.2 Å². The fraction of sp³-hybridized carbons (Fsp3) is 0.500. The Morgan fingerprint density at radius 3 is 2.94 bits per heavy atom. The SMILES string of the molecule is CCCNc1cc(C(=O)NCCOC)c(Cl)cn1. The van der Waals surface area contributed by atoms with Crippen molar-refractivity contribution in [3.63, 3.8) is 0 Å². The Balaban J connectivity index is 2.70. The van der Waals surface area contributed by atoms with Crippen molar-refractivity contribution >= 4 is 23.3 Å². The smallest absolute Gasteiger partial charge is 0.253 e. The lowest BCUT2D eigenvalue weighted by atomic mass is 10.2. The van der Waals surface area contributed by atoms with E-state index in [0.29, 0.717) is 29.6 Å². The van der Waals surface area contributed by atoms with Crippen LogP contribution in [0.15, 0.2) is 12.3 Å². The number of nitrogens with zero attached hydrogens (tertiary/aromatic N) is 1. The van der Waals surface area contributed by atoms with Crippen LogP contribution in [0.25, 0.3) is 0 Å². The summed E-state index contributed by atoms with van der Waals surface area (Å²) in [5.41, 5.74) is 0.418. The molecule has 0 radical (unpaired) electrons. The first-order chi connectivity index (χ1) is 8.69. The van der Waals surface area contributed by atoms with E-state index in [2.05, 4.69) is 22.5 Å². The first-order valence-corrected chi connectivity index (χ1v) is 6.23. The first-order valence-electron chi connectivity index (χ1n) is 5.85. The highest BCUT2D eigenvalue weighted by Crippen LogP contribution is 2.17. The molecule has 5 nitrogen and oxygen atoms in total. The van der Waals surface area contributed by atoms with Crippen molar-refractivity contribution < 1.29 is 9.53 Å². The molecule has 1 rings (SSSR count). The van der Waals surface area contributed by atoms with Gasteiger partial charge < -0.3 is 15.4 Å². The average Bonchev–Trinajstić information content (AvgIpc) is 2.38. The molecule has 0 saturated carbocycles. The number of methoxy groups -OCH3 is 1. The third-order valence-corrected chi connectivity index (χ3v) is 2.55. The van der Waals surface area contributed by atoms with Crippen LogP contribution < -0.4 is 10.6 Å². The predicted octanol–water partition coefficient (Wildman–Crippen LogP) is 1.93. The molecule has 1 aromatic rings. The number of amides is 1. The minimum atomic E-state index is -0.223. The van der Waals surface area contributed by atoms with Gasteiger partial charge in [-0.25, -0.2) is 4.98 Å². The number of hydrogen-bond donors (Lipinski definition) is 2. The number of anilines is 1. The molecule has 0 aromatic carbocycles. The van der Waals surface area contributed by atoms with E-state index in [1.54, 1.807) is 13.2 Å². The number of ether oxygens (including phenoxy) is 1. The molecule has 0 aliphatic carbocycles. The van der Waals surface area contributed by atoms with Crippen LogP contribution in [-0.2, 0) is 4.74 Å². The van der Waals surface area contributed by atoms with Gasteiger partial charge in [-0.3, -0.25) is 4.79 Å². The van der Waals surface area contributed by atoms with E-state index in [4.69, 9.17) is 16.3 Å². The maximum atomic E-state index is 11.9. The van der Waals surface area contributed by atoms with E-state index >= 15 is 0 Å². The summed E-state index contributed by atoms with van der Waals surface area (Å²) in [4.78, 5) is 16.0. The normalized spacial score (nSPS) is 10.2.